The van der Waals surface area contributed by atoms with Crippen LogP contribution in [0.4, 0.5) is 13.2 Å². The first kappa shape index (κ1) is 19.0. The van der Waals surface area contributed by atoms with Crippen LogP contribution < -0.4 is 5.32 Å². The van der Waals surface area contributed by atoms with Crippen LogP contribution in [0.15, 0.2) is 24.3 Å². The molecule has 2 N–H and O–H groups in total. The van der Waals surface area contributed by atoms with Gasteiger partial charge in [0.15, 0.2) is 0 Å². The van der Waals surface area contributed by atoms with E-state index >= 15 is 0 Å². The van der Waals surface area contributed by atoms with Crippen LogP contribution in [0, 0.1) is 11.8 Å². The second kappa shape index (κ2) is 9.18. The van der Waals surface area contributed by atoms with Crippen LogP contribution >= 0.6 is 0 Å². The Labute approximate surface area is 133 Å². The largest absolute Gasteiger partial charge is 0.416 e. The topological polar surface area (TPSA) is 52.6 Å². The maximum Gasteiger partial charge on any atom is 0.416 e. The van der Waals surface area contributed by atoms with Crippen molar-refractivity contribution in [3.63, 3.8) is 0 Å². The third-order valence-corrected chi connectivity index (χ3v) is 3.03. The number of hydrogen-bond acceptors (Lipinski definition) is 3. The van der Waals surface area contributed by atoms with E-state index in [0.29, 0.717) is 13.1 Å². The van der Waals surface area contributed by atoms with E-state index in [1.807, 2.05) is 6.92 Å². The number of aliphatic hydroxyl groups excluding tert-OH is 1. The highest BCUT2D eigenvalue weighted by Gasteiger charge is 2.30. The summed E-state index contributed by atoms with van der Waals surface area (Å²) in [5.41, 5.74) is -0.513. The first-order chi connectivity index (χ1) is 10.9. The average Bonchev–Trinajstić information content (AvgIpc) is 2.50. The number of nitrogens with one attached hydrogen (secondary N) is 1. The number of hydrogen-bond donors (Lipinski definition) is 2. The molecule has 1 aromatic rings. The molecule has 4 nitrogen and oxygen atoms in total. The fourth-order valence-corrected chi connectivity index (χ4v) is 1.81. The van der Waals surface area contributed by atoms with Gasteiger partial charge in [0.1, 0.15) is 0 Å². The number of alkyl halides is 3. The lowest BCUT2D eigenvalue weighted by Gasteiger charge is -2.17. The van der Waals surface area contributed by atoms with Gasteiger partial charge >= 0.3 is 6.18 Å². The van der Waals surface area contributed by atoms with Gasteiger partial charge in [0.05, 0.1) is 25.3 Å². The van der Waals surface area contributed by atoms with Crippen LogP contribution in [0.25, 0.3) is 0 Å². The summed E-state index contributed by atoms with van der Waals surface area (Å²) in [6, 6.07) is 4.71. The molecule has 0 aromatic heterocycles. The van der Waals surface area contributed by atoms with E-state index < -0.39 is 11.7 Å². The number of rotatable bonds is 6. The summed E-state index contributed by atoms with van der Waals surface area (Å²) >= 11 is 0. The van der Waals surface area contributed by atoms with Crippen LogP contribution in [0.3, 0.4) is 0 Å². The minimum absolute atomic E-state index is 0.0313. The number of amides is 1. The first-order valence-corrected chi connectivity index (χ1v) is 7.13. The molecule has 1 aromatic carbocycles. The summed E-state index contributed by atoms with van der Waals surface area (Å²) in [7, 11) is 0. The zero-order valence-electron chi connectivity index (χ0n) is 12.8. The van der Waals surface area contributed by atoms with Gasteiger partial charge in [0.25, 0.3) is 0 Å². The number of halogens is 3. The highest BCUT2D eigenvalue weighted by Crippen LogP contribution is 2.29. The van der Waals surface area contributed by atoms with Crippen molar-refractivity contribution in [3.8, 4) is 11.8 Å². The predicted molar refractivity (Wildman–Crippen MR) is 80.5 cm³/mol. The van der Waals surface area contributed by atoms with Gasteiger partial charge in [-0.25, -0.2) is 0 Å². The molecule has 7 heteroatoms. The predicted octanol–water partition coefficient (Wildman–Crippen LogP) is 1.49. The van der Waals surface area contributed by atoms with Crippen molar-refractivity contribution in [2.45, 2.75) is 13.1 Å². The molecule has 0 unspecified atom stereocenters. The number of likely N-dealkylation sites (N-methyl/N-ethyl adjacent to an activating group) is 1. The fourth-order valence-electron chi connectivity index (χ4n) is 1.81. The molecular weight excluding hydrogens is 309 g/mol. The average molecular weight is 328 g/mol. The second-order valence-corrected chi connectivity index (χ2v) is 4.75. The van der Waals surface area contributed by atoms with Gasteiger partial charge in [0.2, 0.25) is 5.91 Å². The quantitative estimate of drug-likeness (QED) is 0.778. The summed E-state index contributed by atoms with van der Waals surface area (Å²) in [5.74, 6) is 4.95. The molecule has 0 atom stereocenters. The lowest BCUT2D eigenvalue weighted by atomic mass is 10.1. The molecule has 0 aliphatic rings. The normalized spacial score (nSPS) is 11.0. The van der Waals surface area contributed by atoms with Crippen LogP contribution in [0.2, 0.25) is 0 Å². The summed E-state index contributed by atoms with van der Waals surface area (Å²) in [4.78, 5) is 13.4. The first-order valence-electron chi connectivity index (χ1n) is 7.13. The molecule has 23 heavy (non-hydrogen) atoms. The molecule has 0 radical (unpaired) electrons. The van der Waals surface area contributed by atoms with Crippen molar-refractivity contribution in [2.24, 2.45) is 0 Å². The van der Waals surface area contributed by atoms with E-state index in [1.54, 1.807) is 4.90 Å². The highest BCUT2D eigenvalue weighted by molar-refractivity contribution is 5.78. The van der Waals surface area contributed by atoms with Gasteiger partial charge in [-0.1, -0.05) is 24.8 Å². The summed E-state index contributed by atoms with van der Waals surface area (Å²) in [6.45, 7) is 3.06. The molecule has 0 aliphatic carbocycles. The summed E-state index contributed by atoms with van der Waals surface area (Å²) in [5, 5.41) is 11.4. The molecule has 1 amide bonds. The monoisotopic (exact) mass is 328 g/mol. The number of aliphatic hydroxyl groups is 1. The van der Waals surface area contributed by atoms with Gasteiger partial charge in [-0.3, -0.25) is 9.69 Å². The van der Waals surface area contributed by atoms with Crippen molar-refractivity contribution in [1.82, 2.24) is 10.2 Å². The van der Waals surface area contributed by atoms with E-state index in [0.717, 1.165) is 12.1 Å². The molecule has 126 valence electrons. The van der Waals surface area contributed by atoms with Gasteiger partial charge < -0.3 is 10.4 Å². The smallest absolute Gasteiger partial charge is 0.395 e. The molecule has 0 saturated carbocycles. The molecule has 0 fully saturated rings. The maximum atomic E-state index is 12.6. The third-order valence-electron chi connectivity index (χ3n) is 3.03. The lowest BCUT2D eigenvalue weighted by Crippen LogP contribution is -2.38. The third kappa shape index (κ3) is 7.17. The zero-order chi connectivity index (χ0) is 17.3. The van der Waals surface area contributed by atoms with Crippen molar-refractivity contribution < 1.29 is 23.1 Å². The van der Waals surface area contributed by atoms with Crippen LogP contribution in [0.5, 0.6) is 0 Å². The molecular formula is C16H19F3N2O2. The van der Waals surface area contributed by atoms with Gasteiger partial charge in [-0.05, 0) is 24.7 Å². The Hall–Kier alpha value is -2.04. The van der Waals surface area contributed by atoms with Crippen LogP contribution in [-0.2, 0) is 11.0 Å². The van der Waals surface area contributed by atoms with Gasteiger partial charge in [-0.15, -0.1) is 0 Å². The summed E-state index contributed by atoms with van der Waals surface area (Å²) in [6.07, 6.45) is -4.40. The minimum Gasteiger partial charge on any atom is -0.395 e. The zero-order valence-corrected chi connectivity index (χ0v) is 12.8. The van der Waals surface area contributed by atoms with E-state index in [2.05, 4.69) is 17.2 Å². The van der Waals surface area contributed by atoms with Crippen molar-refractivity contribution in [1.29, 1.82) is 0 Å². The fraction of sp³-hybridized carbons (Fsp3) is 0.438. The minimum atomic E-state index is -4.40. The van der Waals surface area contributed by atoms with E-state index in [1.165, 1.54) is 12.1 Å². The standard InChI is InChI=1S/C16H19F3N2O2/c1-2-21(9-10-22)12-15(23)20-8-4-6-13-5-3-7-14(11-13)16(17,18)19/h3,5,7,11,22H,2,8-10,12H2,1H3,(H,20,23). The molecule has 1 rings (SSSR count). The van der Waals surface area contributed by atoms with Gasteiger partial charge in [0, 0.05) is 12.1 Å². The Kier molecular flexibility index (Phi) is 7.59. The Morgan fingerprint density at radius 1 is 1.39 bits per heavy atom. The number of carbonyl (C=O) groups excluding carboxylic acids is 1. The Balaban J connectivity index is 2.51. The summed E-state index contributed by atoms with van der Waals surface area (Å²) < 4.78 is 37.7. The van der Waals surface area contributed by atoms with E-state index in [9.17, 15) is 18.0 Å². The maximum absolute atomic E-state index is 12.6. The SMILES string of the molecule is CCN(CCO)CC(=O)NCC#Cc1cccc(C(F)(F)F)c1. The Morgan fingerprint density at radius 3 is 2.74 bits per heavy atom. The molecule has 0 aliphatic heterocycles. The van der Waals surface area contributed by atoms with Crippen molar-refractivity contribution in [3.05, 3.63) is 35.4 Å². The molecule has 0 spiro atoms. The molecule has 0 heterocycles. The van der Waals surface area contributed by atoms with Crippen molar-refractivity contribution in [2.75, 3.05) is 32.8 Å². The number of nitrogens with zero attached hydrogens (tertiary/aromatic N) is 1. The second-order valence-electron chi connectivity index (χ2n) is 4.75. The number of carbonyl (C=O) groups is 1. The van der Waals surface area contributed by atoms with E-state index in [4.69, 9.17) is 5.11 Å². The lowest BCUT2D eigenvalue weighted by molar-refractivity contribution is -0.137. The highest BCUT2D eigenvalue weighted by atomic mass is 19.4. The molecule has 0 saturated heterocycles. The van der Waals surface area contributed by atoms with Gasteiger partial charge in [-0.2, -0.15) is 13.2 Å². The number of benzene rings is 1. The Morgan fingerprint density at radius 2 is 2.13 bits per heavy atom. The Bertz CT molecular complexity index is 577. The van der Waals surface area contributed by atoms with Crippen LogP contribution in [-0.4, -0.2) is 48.7 Å². The van der Waals surface area contributed by atoms with E-state index in [-0.39, 0.29) is 31.2 Å². The molecule has 0 bridgehead atoms. The van der Waals surface area contributed by atoms with Crippen LogP contribution in [0.1, 0.15) is 18.1 Å². The van der Waals surface area contributed by atoms with Crippen molar-refractivity contribution >= 4 is 5.91 Å².